The maximum Gasteiger partial charge on any atom is 0.242 e. The number of aromatic nitrogens is 3. The topological polar surface area (TPSA) is 121 Å². The van der Waals surface area contributed by atoms with E-state index in [4.69, 9.17) is 20.7 Å². The first-order valence-corrected chi connectivity index (χ1v) is 13.2. The van der Waals surface area contributed by atoms with Crippen LogP contribution in [0, 0.1) is 6.92 Å². The van der Waals surface area contributed by atoms with E-state index in [1.165, 1.54) is 0 Å². The van der Waals surface area contributed by atoms with Crippen molar-refractivity contribution in [3.8, 4) is 0 Å². The van der Waals surface area contributed by atoms with E-state index in [0.717, 1.165) is 87.2 Å². The number of amides is 1. The Morgan fingerprint density at radius 2 is 2.06 bits per heavy atom. The zero-order valence-electron chi connectivity index (χ0n) is 20.5. The smallest absolute Gasteiger partial charge is 0.242 e. The number of piperidine rings is 1. The molecule has 3 saturated heterocycles. The van der Waals surface area contributed by atoms with Gasteiger partial charge in [0.2, 0.25) is 5.91 Å². The molecule has 5 heterocycles. The average Bonchev–Trinajstić information content (AvgIpc) is 3.65. The number of nitrogens with one attached hydrogen (secondary N) is 1. The molecule has 1 aliphatic carbocycles. The van der Waals surface area contributed by atoms with Crippen LogP contribution in [0.4, 0.5) is 5.82 Å². The van der Waals surface area contributed by atoms with Gasteiger partial charge in [0.15, 0.2) is 5.65 Å². The minimum Gasteiger partial charge on any atom is -0.387 e. The summed E-state index contributed by atoms with van der Waals surface area (Å²) in [6.45, 7) is 4.50. The molecule has 2 aromatic rings. The van der Waals surface area contributed by atoms with Gasteiger partial charge in [-0.2, -0.15) is 10.6 Å². The van der Waals surface area contributed by atoms with E-state index in [2.05, 4.69) is 17.3 Å². The molecule has 2 unspecified atom stereocenters. The van der Waals surface area contributed by atoms with Crippen LogP contribution in [-0.4, -0.2) is 73.9 Å². The van der Waals surface area contributed by atoms with E-state index in [9.17, 15) is 9.90 Å². The second-order valence-electron chi connectivity index (χ2n) is 11.0. The highest BCUT2D eigenvalue weighted by Gasteiger charge is 2.47. The molecular weight excluding hydrogens is 446 g/mol. The summed E-state index contributed by atoms with van der Waals surface area (Å²) in [6, 6.07) is 1.69. The van der Waals surface area contributed by atoms with Gasteiger partial charge in [0.05, 0.1) is 17.3 Å². The van der Waals surface area contributed by atoms with Gasteiger partial charge in [-0.1, -0.05) is 12.8 Å². The monoisotopic (exact) mass is 483 g/mol. The van der Waals surface area contributed by atoms with Gasteiger partial charge >= 0.3 is 0 Å². The molecule has 4 atom stereocenters. The molecule has 35 heavy (non-hydrogen) atoms. The number of carbonyl (C=O) groups excluding carboxylic acids is 1. The van der Waals surface area contributed by atoms with Crippen LogP contribution < -0.4 is 16.1 Å². The number of hydrogen-bond donors (Lipinski definition) is 3. The van der Waals surface area contributed by atoms with Crippen LogP contribution in [0.3, 0.4) is 0 Å². The summed E-state index contributed by atoms with van der Waals surface area (Å²) in [4.78, 5) is 28.5. The zero-order chi connectivity index (χ0) is 24.2. The van der Waals surface area contributed by atoms with Gasteiger partial charge in [0.1, 0.15) is 18.0 Å². The maximum atomic E-state index is 13.6. The fourth-order valence-electron chi connectivity index (χ4n) is 6.45. The molecule has 10 nitrogen and oxygen atoms in total. The molecule has 2 aromatic heterocycles. The number of rotatable bonds is 4. The molecule has 190 valence electrons. The third-order valence-corrected chi connectivity index (χ3v) is 8.44. The lowest BCUT2D eigenvalue weighted by Crippen LogP contribution is -2.47. The SMILES string of the molecule is Cc1cn2nc([C@@H]3CCCCN3C(=O)C3CC(C4(O)CCCC4)ON3)cc2nc1N1CC[C@H](N)C1. The number of nitrogens with two attached hydrogens (primary N) is 1. The molecule has 1 amide bonds. The van der Waals surface area contributed by atoms with Crippen molar-refractivity contribution in [2.45, 2.75) is 94.5 Å². The minimum atomic E-state index is -0.814. The van der Waals surface area contributed by atoms with E-state index in [1.807, 2.05) is 21.7 Å². The Kier molecular flexibility index (Phi) is 5.95. The Morgan fingerprint density at radius 1 is 1.23 bits per heavy atom. The first-order valence-electron chi connectivity index (χ1n) is 13.2. The second-order valence-corrected chi connectivity index (χ2v) is 11.0. The Balaban J connectivity index is 1.22. The number of nitrogens with zero attached hydrogens (tertiary/aromatic N) is 5. The third-order valence-electron chi connectivity index (χ3n) is 8.44. The highest BCUT2D eigenvalue weighted by Crippen LogP contribution is 2.38. The molecule has 1 saturated carbocycles. The Labute approximate surface area is 205 Å². The fraction of sp³-hybridized carbons (Fsp3) is 0.720. The van der Waals surface area contributed by atoms with E-state index in [1.54, 1.807) is 0 Å². The summed E-state index contributed by atoms with van der Waals surface area (Å²) >= 11 is 0. The molecule has 4 fully saturated rings. The normalized spacial score (nSPS) is 31.1. The van der Waals surface area contributed by atoms with E-state index in [0.29, 0.717) is 13.0 Å². The van der Waals surface area contributed by atoms with Gasteiger partial charge in [0.25, 0.3) is 0 Å². The van der Waals surface area contributed by atoms with Crippen molar-refractivity contribution in [1.29, 1.82) is 0 Å². The molecule has 0 aromatic carbocycles. The molecule has 6 rings (SSSR count). The van der Waals surface area contributed by atoms with Crippen molar-refractivity contribution in [1.82, 2.24) is 25.0 Å². The Bertz CT molecular complexity index is 1100. The number of anilines is 1. The largest absolute Gasteiger partial charge is 0.387 e. The van der Waals surface area contributed by atoms with Crippen LogP contribution in [0.1, 0.15) is 75.1 Å². The molecule has 4 N–H and O–H groups in total. The molecule has 0 spiro atoms. The van der Waals surface area contributed by atoms with Gasteiger partial charge in [-0.25, -0.2) is 9.50 Å². The highest BCUT2D eigenvalue weighted by molar-refractivity contribution is 5.82. The summed E-state index contributed by atoms with van der Waals surface area (Å²) < 4.78 is 1.84. The third kappa shape index (κ3) is 4.20. The number of likely N-dealkylation sites (tertiary alicyclic amines) is 1. The van der Waals surface area contributed by atoms with Crippen LogP contribution in [0.25, 0.3) is 5.65 Å². The first-order chi connectivity index (χ1) is 16.9. The lowest BCUT2D eigenvalue weighted by atomic mass is 9.90. The van der Waals surface area contributed by atoms with Gasteiger partial charge in [-0.3, -0.25) is 9.63 Å². The van der Waals surface area contributed by atoms with Crippen LogP contribution in [0.15, 0.2) is 12.3 Å². The fourth-order valence-corrected chi connectivity index (χ4v) is 6.45. The number of carbonyl (C=O) groups is 1. The first kappa shape index (κ1) is 23.1. The molecular formula is C25H37N7O3. The number of hydrogen-bond acceptors (Lipinski definition) is 8. The van der Waals surface area contributed by atoms with Crippen molar-refractivity contribution >= 4 is 17.4 Å². The van der Waals surface area contributed by atoms with Crippen molar-refractivity contribution in [3.63, 3.8) is 0 Å². The summed E-state index contributed by atoms with van der Waals surface area (Å²) in [5.41, 5.74) is 11.0. The predicted octanol–water partition coefficient (Wildman–Crippen LogP) is 1.60. The number of aliphatic hydroxyl groups is 1. The van der Waals surface area contributed by atoms with Gasteiger partial charge in [0, 0.05) is 49.9 Å². The predicted molar refractivity (Wildman–Crippen MR) is 131 cm³/mol. The van der Waals surface area contributed by atoms with Gasteiger partial charge < -0.3 is 20.6 Å². The summed E-state index contributed by atoms with van der Waals surface area (Å²) in [6.07, 6.45) is 9.60. The number of hydroxylamine groups is 1. The molecule has 4 aliphatic rings. The van der Waals surface area contributed by atoms with Crippen LogP contribution >= 0.6 is 0 Å². The van der Waals surface area contributed by atoms with Crippen molar-refractivity contribution < 1.29 is 14.7 Å². The highest BCUT2D eigenvalue weighted by atomic mass is 16.7. The van der Waals surface area contributed by atoms with Crippen molar-refractivity contribution in [3.05, 3.63) is 23.5 Å². The minimum absolute atomic E-state index is 0.0340. The van der Waals surface area contributed by atoms with E-state index < -0.39 is 11.6 Å². The average molecular weight is 484 g/mol. The standard InChI is InChI=1S/C25H37N7O3/c1-16-14-32-22(27-23(16)30-11-7-17(26)15-30)13-18(28-32)20-6-2-5-10-31(20)24(33)19-12-21(35-29-19)25(34)8-3-4-9-25/h13-14,17,19-21,29,34H,2-12,15,26H2,1H3/t17-,19?,20-,21?/m0/s1. The van der Waals surface area contributed by atoms with Gasteiger partial charge in [-0.15, -0.1) is 0 Å². The summed E-state index contributed by atoms with van der Waals surface area (Å²) in [5, 5.41) is 15.8. The van der Waals surface area contributed by atoms with Gasteiger partial charge in [-0.05, 0) is 45.4 Å². The molecule has 3 aliphatic heterocycles. The number of fused-ring (bicyclic) bond motifs is 1. The number of aryl methyl sites for hydroxylation is 1. The molecule has 0 bridgehead atoms. The van der Waals surface area contributed by atoms with E-state index >= 15 is 0 Å². The second kappa shape index (κ2) is 8.99. The van der Waals surface area contributed by atoms with Crippen LogP contribution in [0.2, 0.25) is 0 Å². The Hall–Kier alpha value is -2.27. The Morgan fingerprint density at radius 3 is 2.83 bits per heavy atom. The van der Waals surface area contributed by atoms with Crippen molar-refractivity contribution in [2.75, 3.05) is 24.5 Å². The molecule has 0 radical (unpaired) electrons. The lowest BCUT2D eigenvalue weighted by molar-refractivity contribution is -0.139. The van der Waals surface area contributed by atoms with E-state index in [-0.39, 0.29) is 24.1 Å². The summed E-state index contributed by atoms with van der Waals surface area (Å²) in [7, 11) is 0. The lowest BCUT2D eigenvalue weighted by Gasteiger charge is -2.36. The maximum absolute atomic E-state index is 13.6. The molecule has 10 heteroatoms. The quantitative estimate of drug-likeness (QED) is 0.600. The van der Waals surface area contributed by atoms with Crippen LogP contribution in [-0.2, 0) is 9.63 Å². The zero-order valence-corrected chi connectivity index (χ0v) is 20.5. The van der Waals surface area contributed by atoms with Crippen molar-refractivity contribution in [2.24, 2.45) is 5.73 Å². The summed E-state index contributed by atoms with van der Waals surface area (Å²) in [5.74, 6) is 1.00. The van der Waals surface area contributed by atoms with Crippen LogP contribution in [0.5, 0.6) is 0 Å².